The Kier molecular flexibility index (Phi) is 4.60. The van der Waals surface area contributed by atoms with Gasteiger partial charge in [-0.2, -0.15) is 0 Å². The topological polar surface area (TPSA) is 12.0 Å². The highest BCUT2D eigenvalue weighted by molar-refractivity contribution is 4.62. The lowest BCUT2D eigenvalue weighted by Crippen LogP contribution is -2.15. The first-order valence-corrected chi connectivity index (χ1v) is 5.14. The van der Waals surface area contributed by atoms with Crippen LogP contribution in [-0.2, 0) is 0 Å². The summed E-state index contributed by atoms with van der Waals surface area (Å²) < 4.78 is 0. The Morgan fingerprint density at radius 2 is 1.82 bits per heavy atom. The van der Waals surface area contributed by atoms with Crippen molar-refractivity contribution in [2.24, 2.45) is 5.92 Å². The molecule has 1 aliphatic heterocycles. The van der Waals surface area contributed by atoms with E-state index in [2.05, 4.69) is 12.2 Å². The molecule has 0 aliphatic carbocycles. The highest BCUT2D eigenvalue weighted by atomic mass is 14.8. The second kappa shape index (κ2) is 5.59. The van der Waals surface area contributed by atoms with Gasteiger partial charge in [0.05, 0.1) is 0 Å². The Morgan fingerprint density at radius 3 is 2.64 bits per heavy atom. The molecule has 0 aromatic carbocycles. The molecular formula is C10H21N. The van der Waals surface area contributed by atoms with E-state index in [4.69, 9.17) is 0 Å². The highest BCUT2D eigenvalue weighted by Gasteiger charge is 2.06. The molecule has 0 aromatic heterocycles. The first kappa shape index (κ1) is 9.05. The average molecular weight is 155 g/mol. The molecule has 1 atom stereocenters. The van der Waals surface area contributed by atoms with Crippen LogP contribution < -0.4 is 5.32 Å². The van der Waals surface area contributed by atoms with Gasteiger partial charge in [0, 0.05) is 0 Å². The molecule has 1 unspecified atom stereocenters. The minimum atomic E-state index is 1.02. The van der Waals surface area contributed by atoms with Crippen LogP contribution in [0.2, 0.25) is 0 Å². The van der Waals surface area contributed by atoms with Gasteiger partial charge in [0.1, 0.15) is 0 Å². The minimum absolute atomic E-state index is 1.02. The summed E-state index contributed by atoms with van der Waals surface area (Å²) in [6.45, 7) is 4.82. The van der Waals surface area contributed by atoms with Gasteiger partial charge in [0.15, 0.2) is 0 Å². The molecule has 0 amide bonds. The number of rotatable bonds is 1. The quantitative estimate of drug-likeness (QED) is 0.613. The molecule has 1 heteroatoms. The van der Waals surface area contributed by atoms with Crippen LogP contribution in [0, 0.1) is 5.92 Å². The van der Waals surface area contributed by atoms with Crippen LogP contribution in [0.4, 0.5) is 0 Å². The molecule has 0 saturated carbocycles. The second-order valence-corrected chi connectivity index (χ2v) is 3.66. The fourth-order valence-electron chi connectivity index (χ4n) is 1.88. The van der Waals surface area contributed by atoms with E-state index in [-0.39, 0.29) is 0 Å². The SMILES string of the molecule is CCC1CCCCNCCC1. The summed E-state index contributed by atoms with van der Waals surface area (Å²) in [6.07, 6.45) is 8.52. The van der Waals surface area contributed by atoms with E-state index in [1.54, 1.807) is 0 Å². The van der Waals surface area contributed by atoms with Crippen molar-refractivity contribution in [1.29, 1.82) is 0 Å². The van der Waals surface area contributed by atoms with Crippen LogP contribution in [0.15, 0.2) is 0 Å². The fraction of sp³-hybridized carbons (Fsp3) is 1.00. The standard InChI is InChI=1S/C10H21N/c1-2-10-6-3-4-8-11-9-5-7-10/h10-11H,2-9H2,1H3. The van der Waals surface area contributed by atoms with Gasteiger partial charge >= 0.3 is 0 Å². The highest BCUT2D eigenvalue weighted by Crippen LogP contribution is 2.18. The van der Waals surface area contributed by atoms with Crippen molar-refractivity contribution in [2.75, 3.05) is 13.1 Å². The smallest absolute Gasteiger partial charge is 0.00488 e. The van der Waals surface area contributed by atoms with Crippen LogP contribution in [0.5, 0.6) is 0 Å². The van der Waals surface area contributed by atoms with Gasteiger partial charge in [-0.1, -0.05) is 26.2 Å². The van der Waals surface area contributed by atoms with Crippen molar-refractivity contribution < 1.29 is 0 Å². The van der Waals surface area contributed by atoms with Gasteiger partial charge in [-0.15, -0.1) is 0 Å². The molecule has 1 rings (SSSR count). The summed E-state index contributed by atoms with van der Waals surface area (Å²) in [5, 5.41) is 3.47. The van der Waals surface area contributed by atoms with Crippen LogP contribution >= 0.6 is 0 Å². The van der Waals surface area contributed by atoms with Crippen LogP contribution in [0.25, 0.3) is 0 Å². The first-order valence-electron chi connectivity index (χ1n) is 5.14. The molecular weight excluding hydrogens is 134 g/mol. The van der Waals surface area contributed by atoms with Crippen molar-refractivity contribution >= 4 is 0 Å². The lowest BCUT2D eigenvalue weighted by Gasteiger charge is -2.11. The summed E-state index contributed by atoms with van der Waals surface area (Å²) in [7, 11) is 0. The third-order valence-corrected chi connectivity index (χ3v) is 2.76. The normalized spacial score (nSPS) is 28.6. The third kappa shape index (κ3) is 3.76. The predicted octanol–water partition coefficient (Wildman–Crippen LogP) is 2.57. The molecule has 0 radical (unpaired) electrons. The molecule has 66 valence electrons. The van der Waals surface area contributed by atoms with Crippen molar-refractivity contribution in [3.63, 3.8) is 0 Å². The molecule has 0 aromatic rings. The van der Waals surface area contributed by atoms with Crippen molar-refractivity contribution in [2.45, 2.75) is 45.4 Å². The van der Waals surface area contributed by atoms with E-state index in [9.17, 15) is 0 Å². The van der Waals surface area contributed by atoms with Crippen LogP contribution in [0.1, 0.15) is 45.4 Å². The summed E-state index contributed by atoms with van der Waals surface area (Å²) in [6, 6.07) is 0. The van der Waals surface area contributed by atoms with Crippen molar-refractivity contribution in [3.05, 3.63) is 0 Å². The zero-order chi connectivity index (χ0) is 7.94. The van der Waals surface area contributed by atoms with E-state index in [0.29, 0.717) is 0 Å². The Morgan fingerprint density at radius 1 is 1.09 bits per heavy atom. The molecule has 11 heavy (non-hydrogen) atoms. The van der Waals surface area contributed by atoms with Gasteiger partial charge in [-0.25, -0.2) is 0 Å². The monoisotopic (exact) mass is 155 g/mol. The molecule has 1 aliphatic rings. The average Bonchev–Trinajstić information content (AvgIpc) is 2.16. The maximum Gasteiger partial charge on any atom is -0.00488 e. The maximum atomic E-state index is 3.47. The molecule has 0 bridgehead atoms. The third-order valence-electron chi connectivity index (χ3n) is 2.76. The minimum Gasteiger partial charge on any atom is -0.317 e. The second-order valence-electron chi connectivity index (χ2n) is 3.66. The van der Waals surface area contributed by atoms with Crippen molar-refractivity contribution in [1.82, 2.24) is 5.32 Å². The summed E-state index contributed by atoms with van der Waals surface area (Å²) in [5.74, 6) is 1.02. The molecule has 1 heterocycles. The Hall–Kier alpha value is -0.0400. The van der Waals surface area contributed by atoms with E-state index in [1.807, 2.05) is 0 Å². The molecule has 0 spiro atoms. The summed E-state index contributed by atoms with van der Waals surface area (Å²) in [4.78, 5) is 0. The molecule has 1 N–H and O–H groups in total. The lowest BCUT2D eigenvalue weighted by molar-refractivity contribution is 0.420. The van der Waals surface area contributed by atoms with Gasteiger partial charge < -0.3 is 5.32 Å². The Bertz CT molecular complexity index is 80.9. The number of hydrogen-bond acceptors (Lipinski definition) is 1. The van der Waals surface area contributed by atoms with Gasteiger partial charge in [-0.3, -0.25) is 0 Å². The van der Waals surface area contributed by atoms with E-state index in [0.717, 1.165) is 5.92 Å². The van der Waals surface area contributed by atoms with E-state index in [1.165, 1.54) is 51.6 Å². The van der Waals surface area contributed by atoms with Crippen molar-refractivity contribution in [3.8, 4) is 0 Å². The van der Waals surface area contributed by atoms with Gasteiger partial charge in [0.2, 0.25) is 0 Å². The summed E-state index contributed by atoms with van der Waals surface area (Å²) >= 11 is 0. The molecule has 1 saturated heterocycles. The van der Waals surface area contributed by atoms with E-state index >= 15 is 0 Å². The van der Waals surface area contributed by atoms with Crippen LogP contribution in [-0.4, -0.2) is 13.1 Å². The van der Waals surface area contributed by atoms with Gasteiger partial charge in [-0.05, 0) is 38.3 Å². The number of nitrogens with one attached hydrogen (secondary N) is 1. The summed E-state index contributed by atoms with van der Waals surface area (Å²) in [5.41, 5.74) is 0. The predicted molar refractivity (Wildman–Crippen MR) is 49.7 cm³/mol. The molecule has 1 nitrogen and oxygen atoms in total. The van der Waals surface area contributed by atoms with Crippen LogP contribution in [0.3, 0.4) is 0 Å². The first-order chi connectivity index (χ1) is 5.43. The zero-order valence-corrected chi connectivity index (χ0v) is 7.73. The fourth-order valence-corrected chi connectivity index (χ4v) is 1.88. The lowest BCUT2D eigenvalue weighted by atomic mass is 9.95. The maximum absolute atomic E-state index is 3.47. The number of hydrogen-bond donors (Lipinski definition) is 1. The Balaban J connectivity index is 2.19. The largest absolute Gasteiger partial charge is 0.317 e. The van der Waals surface area contributed by atoms with Gasteiger partial charge in [0.25, 0.3) is 0 Å². The molecule has 1 fully saturated rings. The Labute approximate surface area is 70.6 Å². The van der Waals surface area contributed by atoms with E-state index < -0.39 is 0 Å². The zero-order valence-electron chi connectivity index (χ0n) is 7.73.